The molecule has 0 fully saturated rings. The predicted molar refractivity (Wildman–Crippen MR) is 73.4 cm³/mol. The number of hydrogen-bond donors (Lipinski definition) is 1. The van der Waals surface area contributed by atoms with Crippen molar-refractivity contribution in [3.8, 4) is 6.07 Å². The summed E-state index contributed by atoms with van der Waals surface area (Å²) in [5, 5.41) is 8.39. The lowest BCUT2D eigenvalue weighted by Crippen LogP contribution is -2.13. The van der Waals surface area contributed by atoms with Crippen molar-refractivity contribution >= 4 is 27.3 Å². The molecule has 0 aliphatic heterocycles. The lowest BCUT2D eigenvalue weighted by atomic mass is 10.2. The van der Waals surface area contributed by atoms with E-state index in [1.54, 1.807) is 0 Å². The monoisotopic (exact) mass is 310 g/mol. The minimum Gasteiger partial charge on any atom is -0.280 e. The molecule has 0 aromatic heterocycles. The van der Waals surface area contributed by atoms with E-state index in [-0.39, 0.29) is 9.92 Å². The predicted octanol–water partition coefficient (Wildman–Crippen LogP) is 3.15. The van der Waals surface area contributed by atoms with Gasteiger partial charge in [-0.2, -0.15) is 5.26 Å². The van der Waals surface area contributed by atoms with Crippen LogP contribution >= 0.6 is 11.6 Å². The molecule has 2 aromatic carbocycles. The van der Waals surface area contributed by atoms with E-state index < -0.39 is 15.8 Å². The number of nitriles is 1. The van der Waals surface area contributed by atoms with Crippen LogP contribution in [-0.2, 0) is 10.0 Å². The van der Waals surface area contributed by atoms with Gasteiger partial charge in [-0.15, -0.1) is 0 Å². The Balaban J connectivity index is 2.30. The summed E-state index contributed by atoms with van der Waals surface area (Å²) < 4.78 is 39.5. The van der Waals surface area contributed by atoms with Crippen LogP contribution in [0, 0.1) is 17.1 Å². The number of nitrogens with zero attached hydrogens (tertiary/aromatic N) is 1. The molecule has 7 heteroatoms. The molecule has 0 amide bonds. The first-order chi connectivity index (χ1) is 9.42. The summed E-state index contributed by atoms with van der Waals surface area (Å²) >= 11 is 5.56. The van der Waals surface area contributed by atoms with Gasteiger partial charge in [-0.05, 0) is 42.5 Å². The lowest BCUT2D eigenvalue weighted by Gasteiger charge is -2.08. The normalized spacial score (nSPS) is 10.8. The van der Waals surface area contributed by atoms with E-state index in [4.69, 9.17) is 16.9 Å². The molecule has 0 spiro atoms. The van der Waals surface area contributed by atoms with Gasteiger partial charge in [-0.3, -0.25) is 4.72 Å². The average Bonchev–Trinajstić information content (AvgIpc) is 2.42. The summed E-state index contributed by atoms with van der Waals surface area (Å²) in [4.78, 5) is -0.145. The van der Waals surface area contributed by atoms with Crippen molar-refractivity contribution in [3.05, 3.63) is 58.9 Å². The lowest BCUT2D eigenvalue weighted by molar-refractivity contribution is 0.599. The first-order valence-electron chi connectivity index (χ1n) is 5.40. The van der Waals surface area contributed by atoms with Gasteiger partial charge in [0.05, 0.1) is 21.6 Å². The maximum Gasteiger partial charge on any atom is 0.261 e. The maximum absolute atomic E-state index is 13.0. The summed E-state index contributed by atoms with van der Waals surface area (Å²) in [6.45, 7) is 0. The summed E-state index contributed by atoms with van der Waals surface area (Å²) in [5.74, 6) is -0.691. The minimum atomic E-state index is -3.86. The molecule has 0 saturated heterocycles. The number of halogens is 2. The Kier molecular flexibility index (Phi) is 3.93. The van der Waals surface area contributed by atoms with Crippen molar-refractivity contribution in [1.29, 1.82) is 5.26 Å². The molecule has 0 saturated carbocycles. The average molecular weight is 311 g/mol. The number of sulfonamides is 1. The third-order valence-electron chi connectivity index (χ3n) is 2.47. The van der Waals surface area contributed by atoms with Crippen LogP contribution in [0.2, 0.25) is 5.02 Å². The van der Waals surface area contributed by atoms with Crippen molar-refractivity contribution in [2.45, 2.75) is 4.90 Å². The van der Waals surface area contributed by atoms with E-state index >= 15 is 0 Å². The van der Waals surface area contributed by atoms with E-state index in [9.17, 15) is 12.8 Å². The summed E-state index contributed by atoms with van der Waals surface area (Å²) in [5.41, 5.74) is 0.710. The molecule has 102 valence electrons. The smallest absolute Gasteiger partial charge is 0.261 e. The largest absolute Gasteiger partial charge is 0.280 e. The van der Waals surface area contributed by atoms with Gasteiger partial charge >= 0.3 is 0 Å². The molecule has 0 atom stereocenters. The molecule has 4 nitrogen and oxygen atoms in total. The van der Waals surface area contributed by atoms with E-state index in [1.165, 1.54) is 24.3 Å². The second kappa shape index (κ2) is 5.49. The minimum absolute atomic E-state index is 0.145. The Morgan fingerprint density at radius 1 is 1.15 bits per heavy atom. The molecule has 0 aliphatic carbocycles. The highest BCUT2D eigenvalue weighted by Gasteiger charge is 2.16. The Morgan fingerprint density at radius 3 is 2.35 bits per heavy atom. The topological polar surface area (TPSA) is 70.0 Å². The molecule has 0 bridgehead atoms. The van der Waals surface area contributed by atoms with Gasteiger partial charge in [0.2, 0.25) is 0 Å². The van der Waals surface area contributed by atoms with Crippen LogP contribution in [-0.4, -0.2) is 8.42 Å². The second-order valence-electron chi connectivity index (χ2n) is 3.87. The van der Waals surface area contributed by atoms with Crippen LogP contribution in [0.4, 0.5) is 10.1 Å². The van der Waals surface area contributed by atoms with Gasteiger partial charge in [-0.25, -0.2) is 12.8 Å². The first-order valence-corrected chi connectivity index (χ1v) is 7.26. The van der Waals surface area contributed by atoms with Crippen molar-refractivity contribution in [2.75, 3.05) is 4.72 Å². The zero-order valence-electron chi connectivity index (χ0n) is 9.97. The fourth-order valence-electron chi connectivity index (χ4n) is 1.47. The van der Waals surface area contributed by atoms with Gasteiger partial charge < -0.3 is 0 Å². The van der Waals surface area contributed by atoms with Crippen molar-refractivity contribution < 1.29 is 12.8 Å². The highest BCUT2D eigenvalue weighted by Crippen LogP contribution is 2.21. The van der Waals surface area contributed by atoms with Gasteiger partial charge in [0, 0.05) is 5.69 Å². The van der Waals surface area contributed by atoms with E-state index in [0.29, 0.717) is 11.3 Å². The van der Waals surface area contributed by atoms with Crippen LogP contribution in [0.25, 0.3) is 0 Å². The zero-order valence-corrected chi connectivity index (χ0v) is 11.5. The summed E-state index contributed by atoms with van der Waals surface area (Å²) in [6.07, 6.45) is 0. The summed E-state index contributed by atoms with van der Waals surface area (Å²) in [7, 11) is -3.86. The number of hydrogen-bond acceptors (Lipinski definition) is 3. The van der Waals surface area contributed by atoms with Crippen LogP contribution in [0.15, 0.2) is 47.4 Å². The fourth-order valence-corrected chi connectivity index (χ4v) is 2.80. The molecule has 0 radical (unpaired) electrons. The number of anilines is 1. The van der Waals surface area contributed by atoms with Gasteiger partial charge in [0.25, 0.3) is 10.0 Å². The van der Waals surface area contributed by atoms with Crippen molar-refractivity contribution in [2.24, 2.45) is 0 Å². The maximum atomic E-state index is 13.0. The second-order valence-corrected chi connectivity index (χ2v) is 5.96. The molecule has 1 N–H and O–H groups in total. The summed E-state index contributed by atoms with van der Waals surface area (Å²) in [6, 6.07) is 10.9. The van der Waals surface area contributed by atoms with Crippen LogP contribution in [0.1, 0.15) is 5.56 Å². The number of benzene rings is 2. The molecule has 0 aliphatic rings. The van der Waals surface area contributed by atoms with Gasteiger partial charge in [0.15, 0.2) is 0 Å². The van der Waals surface area contributed by atoms with E-state index in [0.717, 1.165) is 18.2 Å². The van der Waals surface area contributed by atoms with E-state index in [2.05, 4.69) is 4.72 Å². The molecule has 0 unspecified atom stereocenters. The van der Waals surface area contributed by atoms with Crippen LogP contribution in [0.3, 0.4) is 0 Å². The molecule has 20 heavy (non-hydrogen) atoms. The Labute approximate surface area is 120 Å². The third kappa shape index (κ3) is 3.07. The first kappa shape index (κ1) is 14.3. The third-order valence-corrected chi connectivity index (χ3v) is 4.14. The van der Waals surface area contributed by atoms with Crippen molar-refractivity contribution in [3.63, 3.8) is 0 Å². The standard InChI is InChI=1S/C13H8ClFN2O2S/c14-12-7-11(5-6-13(12)15)20(18,19)17-10-3-1-9(8-16)2-4-10/h1-7,17H. The quantitative estimate of drug-likeness (QED) is 0.946. The van der Waals surface area contributed by atoms with Crippen molar-refractivity contribution in [1.82, 2.24) is 0 Å². The molecule has 0 heterocycles. The number of rotatable bonds is 3. The highest BCUT2D eigenvalue weighted by atomic mass is 35.5. The number of nitrogens with one attached hydrogen (secondary N) is 1. The van der Waals surface area contributed by atoms with Crippen LogP contribution in [0.5, 0.6) is 0 Å². The molecular formula is C13H8ClFN2O2S. The molecule has 2 rings (SSSR count). The van der Waals surface area contributed by atoms with Gasteiger partial charge in [0.1, 0.15) is 5.82 Å². The highest BCUT2D eigenvalue weighted by molar-refractivity contribution is 7.92. The van der Waals surface area contributed by atoms with E-state index in [1.807, 2.05) is 6.07 Å². The Bertz CT molecular complexity index is 783. The SMILES string of the molecule is N#Cc1ccc(NS(=O)(=O)c2ccc(F)c(Cl)c2)cc1. The van der Waals surface area contributed by atoms with Gasteiger partial charge in [-0.1, -0.05) is 11.6 Å². The molecule has 2 aromatic rings. The zero-order chi connectivity index (χ0) is 14.8. The fraction of sp³-hybridized carbons (Fsp3) is 0. The Hall–Kier alpha value is -2.10. The van der Waals surface area contributed by atoms with Crippen LogP contribution < -0.4 is 4.72 Å². The molecular weight excluding hydrogens is 303 g/mol. The Morgan fingerprint density at radius 2 is 1.80 bits per heavy atom.